The lowest BCUT2D eigenvalue weighted by atomic mass is 9.94. The number of rotatable bonds is 8. The molecule has 12 heteroatoms. The van der Waals surface area contributed by atoms with Crippen LogP contribution in [0, 0.1) is 5.82 Å². The van der Waals surface area contributed by atoms with Crippen LogP contribution in [-0.2, 0) is 25.0 Å². The Balaban J connectivity index is 0.000000509. The van der Waals surface area contributed by atoms with Gasteiger partial charge in [0, 0.05) is 12.2 Å². The molecule has 1 fully saturated rings. The molecule has 0 aliphatic heterocycles. The van der Waals surface area contributed by atoms with E-state index in [-0.39, 0.29) is 5.91 Å². The number of unbranched alkanes of at least 4 members (excludes halogenated alkanes) is 1. The summed E-state index contributed by atoms with van der Waals surface area (Å²) in [5.74, 6) is -3.54. The van der Waals surface area contributed by atoms with Crippen LogP contribution in [0.1, 0.15) is 38.2 Å². The highest BCUT2D eigenvalue weighted by Gasteiger charge is 2.51. The summed E-state index contributed by atoms with van der Waals surface area (Å²) < 4.78 is 72.6. The van der Waals surface area contributed by atoms with Crippen LogP contribution in [0.25, 0.3) is 0 Å². The van der Waals surface area contributed by atoms with Gasteiger partial charge in [-0.2, -0.15) is 13.2 Å². The summed E-state index contributed by atoms with van der Waals surface area (Å²) in [6.07, 6.45) is -1.56. The summed E-state index contributed by atoms with van der Waals surface area (Å²) in [6, 6.07) is 11.9. The van der Waals surface area contributed by atoms with Crippen molar-refractivity contribution in [2.24, 2.45) is 0 Å². The van der Waals surface area contributed by atoms with E-state index in [1.807, 2.05) is 0 Å². The Kier molecular flexibility index (Phi) is 8.65. The molecule has 2 aromatic carbocycles. The Morgan fingerprint density at radius 1 is 1.06 bits per heavy atom. The van der Waals surface area contributed by atoms with Crippen molar-refractivity contribution in [1.82, 2.24) is 5.32 Å². The second-order valence-corrected chi connectivity index (χ2v) is 9.26. The number of halogens is 4. The highest BCUT2D eigenvalue weighted by Crippen LogP contribution is 2.48. The van der Waals surface area contributed by atoms with E-state index in [1.54, 1.807) is 24.3 Å². The first-order valence-corrected chi connectivity index (χ1v) is 11.8. The van der Waals surface area contributed by atoms with Crippen LogP contribution >= 0.6 is 0 Å². The van der Waals surface area contributed by atoms with Crippen molar-refractivity contribution in [2.75, 3.05) is 11.3 Å². The van der Waals surface area contributed by atoms with Crippen LogP contribution in [0.4, 0.5) is 23.2 Å². The van der Waals surface area contributed by atoms with Gasteiger partial charge in [0.2, 0.25) is 5.91 Å². The summed E-state index contributed by atoms with van der Waals surface area (Å²) in [6.45, 7) is 2.73. The van der Waals surface area contributed by atoms with Gasteiger partial charge in [0.15, 0.2) is 0 Å². The molecule has 1 aliphatic rings. The van der Waals surface area contributed by atoms with Crippen molar-refractivity contribution in [3.05, 3.63) is 59.9 Å². The fraction of sp³-hybridized carbons (Fsp3) is 0.364. The summed E-state index contributed by atoms with van der Waals surface area (Å²) in [4.78, 5) is 21.0. The van der Waals surface area contributed by atoms with Crippen LogP contribution in [0.3, 0.4) is 0 Å². The van der Waals surface area contributed by atoms with Gasteiger partial charge in [0.05, 0.1) is 5.41 Å². The van der Waals surface area contributed by atoms with E-state index in [9.17, 15) is 30.8 Å². The van der Waals surface area contributed by atoms with Crippen molar-refractivity contribution in [1.29, 1.82) is 0 Å². The van der Waals surface area contributed by atoms with Gasteiger partial charge in [-0.3, -0.25) is 9.52 Å². The molecule has 1 saturated carbocycles. The van der Waals surface area contributed by atoms with Gasteiger partial charge < -0.3 is 10.4 Å². The number of nitrogens with one attached hydrogen (secondary N) is 2. The van der Waals surface area contributed by atoms with Crippen molar-refractivity contribution < 1.29 is 40.7 Å². The van der Waals surface area contributed by atoms with Gasteiger partial charge in [-0.1, -0.05) is 37.6 Å². The van der Waals surface area contributed by atoms with Crippen molar-refractivity contribution >= 4 is 27.6 Å². The van der Waals surface area contributed by atoms with Gasteiger partial charge in [0.1, 0.15) is 10.7 Å². The number of carboxylic acids is 1. The molecule has 7 nitrogen and oxygen atoms in total. The summed E-state index contributed by atoms with van der Waals surface area (Å²) in [5.41, 5.74) is 0.686. The molecule has 0 heterocycles. The number of benzene rings is 2. The average molecular weight is 505 g/mol. The SMILES string of the molecule is CCCCNC(=O)C1(c2ccc(NS(=O)(=O)c3ccccc3F)cc2)CC1.O=C(O)C(F)(F)F. The largest absolute Gasteiger partial charge is 0.490 e. The lowest BCUT2D eigenvalue weighted by Crippen LogP contribution is -2.35. The fourth-order valence-corrected chi connectivity index (χ4v) is 4.19. The van der Waals surface area contributed by atoms with Crippen LogP contribution in [0.2, 0.25) is 0 Å². The predicted octanol–water partition coefficient (Wildman–Crippen LogP) is 4.21. The van der Waals surface area contributed by atoms with Gasteiger partial charge in [-0.25, -0.2) is 17.6 Å². The number of carbonyl (C=O) groups excluding carboxylic acids is 1. The van der Waals surface area contributed by atoms with Crippen LogP contribution in [-0.4, -0.2) is 38.1 Å². The van der Waals surface area contributed by atoms with E-state index in [0.717, 1.165) is 37.3 Å². The van der Waals surface area contributed by atoms with E-state index in [2.05, 4.69) is 17.0 Å². The normalized spacial score (nSPS) is 14.4. The highest BCUT2D eigenvalue weighted by molar-refractivity contribution is 7.92. The van der Waals surface area contributed by atoms with E-state index in [4.69, 9.17) is 9.90 Å². The minimum Gasteiger partial charge on any atom is -0.475 e. The molecule has 2 aromatic rings. The molecule has 186 valence electrons. The zero-order valence-corrected chi connectivity index (χ0v) is 19.0. The number of alkyl halides is 3. The van der Waals surface area contributed by atoms with E-state index in [0.29, 0.717) is 12.2 Å². The van der Waals surface area contributed by atoms with Crippen LogP contribution < -0.4 is 10.0 Å². The monoisotopic (exact) mass is 504 g/mol. The number of aliphatic carboxylic acids is 1. The van der Waals surface area contributed by atoms with Gasteiger partial charge in [-0.05, 0) is 49.1 Å². The maximum Gasteiger partial charge on any atom is 0.490 e. The van der Waals surface area contributed by atoms with Crippen LogP contribution in [0.5, 0.6) is 0 Å². The first-order valence-electron chi connectivity index (χ1n) is 10.3. The quantitative estimate of drug-likeness (QED) is 0.368. The van der Waals surface area contributed by atoms with Crippen molar-refractivity contribution in [3.63, 3.8) is 0 Å². The number of sulfonamides is 1. The van der Waals surface area contributed by atoms with Crippen molar-refractivity contribution in [2.45, 2.75) is 49.1 Å². The maximum absolute atomic E-state index is 13.8. The fourth-order valence-electron chi connectivity index (χ4n) is 3.05. The Bertz CT molecular complexity index is 1110. The Labute approximate surface area is 194 Å². The topological polar surface area (TPSA) is 113 Å². The lowest BCUT2D eigenvalue weighted by molar-refractivity contribution is -0.192. The van der Waals surface area contributed by atoms with Crippen LogP contribution in [0.15, 0.2) is 53.4 Å². The summed E-state index contributed by atoms with van der Waals surface area (Å²) >= 11 is 0. The number of amides is 1. The average Bonchev–Trinajstić information content (AvgIpc) is 3.56. The van der Waals surface area contributed by atoms with Crippen molar-refractivity contribution in [3.8, 4) is 0 Å². The zero-order valence-electron chi connectivity index (χ0n) is 18.2. The predicted molar refractivity (Wildman–Crippen MR) is 116 cm³/mol. The third kappa shape index (κ3) is 6.92. The van der Waals surface area contributed by atoms with Gasteiger partial charge >= 0.3 is 12.1 Å². The second-order valence-electron chi connectivity index (χ2n) is 7.61. The lowest BCUT2D eigenvalue weighted by Gasteiger charge is -2.16. The molecule has 1 amide bonds. The molecule has 0 bridgehead atoms. The van der Waals surface area contributed by atoms with Gasteiger partial charge in [-0.15, -0.1) is 0 Å². The smallest absolute Gasteiger partial charge is 0.475 e. The standard InChI is InChI=1S/C20H23FN2O3S.C2HF3O2/c1-2-3-14-22-19(24)20(12-13-20)15-8-10-16(11-9-15)23-27(25,26)18-7-5-4-6-17(18)21;3-2(4,5)1(6)7/h4-11,23H,2-3,12-14H2,1H3,(H,22,24);(H,6,7). The molecular formula is C22H24F4N2O5S. The molecular weight excluding hydrogens is 480 g/mol. The second kappa shape index (κ2) is 10.9. The first kappa shape index (κ1) is 27.1. The molecule has 0 aromatic heterocycles. The highest BCUT2D eigenvalue weighted by atomic mass is 32.2. The molecule has 3 rings (SSSR count). The maximum atomic E-state index is 13.8. The first-order chi connectivity index (χ1) is 15.8. The Morgan fingerprint density at radius 3 is 2.09 bits per heavy atom. The van der Waals surface area contributed by atoms with E-state index >= 15 is 0 Å². The third-order valence-corrected chi connectivity index (χ3v) is 6.47. The molecule has 0 saturated heterocycles. The summed E-state index contributed by atoms with van der Waals surface area (Å²) in [5, 5.41) is 10.1. The molecule has 34 heavy (non-hydrogen) atoms. The number of hydrogen-bond acceptors (Lipinski definition) is 4. The summed E-state index contributed by atoms with van der Waals surface area (Å²) in [7, 11) is -4.01. The Hall–Kier alpha value is -3.15. The van der Waals surface area contributed by atoms with E-state index < -0.39 is 38.3 Å². The van der Waals surface area contributed by atoms with Gasteiger partial charge in [0.25, 0.3) is 10.0 Å². The zero-order chi connectivity index (χ0) is 25.6. The minimum atomic E-state index is -5.08. The molecule has 0 atom stereocenters. The minimum absolute atomic E-state index is 0.0237. The molecule has 0 spiro atoms. The third-order valence-electron chi connectivity index (χ3n) is 5.06. The molecule has 3 N–H and O–H groups in total. The molecule has 0 unspecified atom stereocenters. The molecule has 0 radical (unpaired) electrons. The number of hydrogen-bond donors (Lipinski definition) is 3. The number of carboxylic acid groups (broad SMARTS) is 1. The molecule has 1 aliphatic carbocycles. The number of carbonyl (C=O) groups is 2. The number of anilines is 1. The van der Waals surface area contributed by atoms with E-state index in [1.165, 1.54) is 18.2 Å². The Morgan fingerprint density at radius 2 is 1.62 bits per heavy atom.